The maximum Gasteiger partial charge on any atom is 0.228 e. The van der Waals surface area contributed by atoms with Crippen LogP contribution in [0.1, 0.15) is 24.8 Å². The van der Waals surface area contributed by atoms with Crippen LogP contribution < -0.4 is 0 Å². The van der Waals surface area contributed by atoms with E-state index in [0.29, 0.717) is 29.4 Å². The third-order valence-corrected chi connectivity index (χ3v) is 4.57. The average molecular weight is 332 g/mol. The number of hydrogen-bond donors (Lipinski definition) is 2. The van der Waals surface area contributed by atoms with Gasteiger partial charge in [-0.25, -0.2) is 0 Å². The summed E-state index contributed by atoms with van der Waals surface area (Å²) in [6, 6.07) is 5.20. The van der Waals surface area contributed by atoms with Crippen molar-refractivity contribution in [1.82, 2.24) is 4.90 Å². The third kappa shape index (κ3) is 4.10. The molecule has 2 rings (SSSR count). The Morgan fingerprint density at radius 1 is 1.29 bits per heavy atom. The van der Waals surface area contributed by atoms with Gasteiger partial charge in [-0.15, -0.1) is 0 Å². The Morgan fingerprint density at radius 3 is 2.62 bits per heavy atom. The number of halogens is 2. The summed E-state index contributed by atoms with van der Waals surface area (Å²) in [5.41, 5.74) is 0.846. The number of nitrogens with zero attached hydrogens (tertiary/aromatic N) is 1. The van der Waals surface area contributed by atoms with Gasteiger partial charge in [0.05, 0.1) is 28.7 Å². The molecule has 1 aromatic rings. The van der Waals surface area contributed by atoms with Gasteiger partial charge in [-0.2, -0.15) is 0 Å². The summed E-state index contributed by atoms with van der Waals surface area (Å²) in [5.74, 6) is -0.473. The van der Waals surface area contributed by atoms with Crippen molar-refractivity contribution < 1.29 is 15.0 Å². The number of carbonyl (C=O) groups excluding carboxylic acids is 1. The number of benzene rings is 1. The highest BCUT2D eigenvalue weighted by Crippen LogP contribution is 2.28. The maximum atomic E-state index is 12.5. The molecule has 2 N–H and O–H groups in total. The number of rotatable bonds is 5. The number of aliphatic hydroxyl groups is 2. The van der Waals surface area contributed by atoms with Crippen LogP contribution in [-0.4, -0.2) is 40.3 Å². The normalized spacial score (nSPS) is 21.5. The van der Waals surface area contributed by atoms with Crippen LogP contribution >= 0.6 is 23.2 Å². The Labute approximate surface area is 134 Å². The smallest absolute Gasteiger partial charge is 0.228 e. The third-order valence-electron chi connectivity index (χ3n) is 3.84. The van der Waals surface area contributed by atoms with Gasteiger partial charge >= 0.3 is 0 Å². The lowest BCUT2D eigenvalue weighted by molar-refractivity contribution is -0.139. The number of amides is 1. The molecule has 0 heterocycles. The highest BCUT2D eigenvalue weighted by Gasteiger charge is 2.34. The van der Waals surface area contributed by atoms with Crippen LogP contribution in [0.5, 0.6) is 0 Å². The van der Waals surface area contributed by atoms with Crippen molar-refractivity contribution in [2.24, 2.45) is 5.92 Å². The molecule has 0 aromatic heterocycles. The van der Waals surface area contributed by atoms with Crippen LogP contribution in [0, 0.1) is 5.92 Å². The fourth-order valence-electron chi connectivity index (χ4n) is 2.71. The van der Waals surface area contributed by atoms with E-state index in [1.165, 1.54) is 0 Å². The van der Waals surface area contributed by atoms with Gasteiger partial charge in [0.15, 0.2) is 0 Å². The Hall–Kier alpha value is -0.810. The van der Waals surface area contributed by atoms with Gasteiger partial charge in [0.2, 0.25) is 5.91 Å². The molecule has 0 aliphatic heterocycles. The Bertz CT molecular complexity index is 510. The molecule has 21 heavy (non-hydrogen) atoms. The minimum Gasteiger partial charge on any atom is -0.395 e. The zero-order valence-corrected chi connectivity index (χ0v) is 13.1. The molecule has 0 radical (unpaired) electrons. The van der Waals surface area contributed by atoms with E-state index in [0.717, 1.165) is 12.0 Å². The maximum absolute atomic E-state index is 12.5. The molecule has 6 heteroatoms. The van der Waals surface area contributed by atoms with Crippen LogP contribution in [0.4, 0.5) is 0 Å². The fraction of sp³-hybridized carbons (Fsp3) is 0.533. The van der Waals surface area contributed by atoms with E-state index >= 15 is 0 Å². The summed E-state index contributed by atoms with van der Waals surface area (Å²) in [7, 11) is 0. The molecule has 1 saturated carbocycles. The Morgan fingerprint density at radius 2 is 2.05 bits per heavy atom. The SMILES string of the molecule is O=C(C1CCCC1O)N(CCO)Cc1ccc(Cl)c(Cl)c1. The van der Waals surface area contributed by atoms with Gasteiger partial charge in [0.1, 0.15) is 0 Å². The van der Waals surface area contributed by atoms with Crippen LogP contribution in [0.3, 0.4) is 0 Å². The quantitative estimate of drug-likeness (QED) is 0.871. The minimum atomic E-state index is -0.576. The summed E-state index contributed by atoms with van der Waals surface area (Å²) in [5, 5.41) is 19.9. The van der Waals surface area contributed by atoms with Crippen molar-refractivity contribution in [2.75, 3.05) is 13.2 Å². The summed E-state index contributed by atoms with van der Waals surface area (Å²) in [6.45, 7) is 0.470. The molecule has 116 valence electrons. The first-order chi connectivity index (χ1) is 10.0. The van der Waals surface area contributed by atoms with E-state index in [1.54, 1.807) is 23.1 Å². The van der Waals surface area contributed by atoms with Gasteiger partial charge in [0, 0.05) is 13.1 Å². The molecule has 0 bridgehead atoms. The van der Waals surface area contributed by atoms with Crippen LogP contribution in [-0.2, 0) is 11.3 Å². The topological polar surface area (TPSA) is 60.8 Å². The standard InChI is InChI=1S/C15H19Cl2NO3/c16-12-5-4-10(8-13(12)17)9-18(6-7-19)15(21)11-2-1-3-14(11)20/h4-5,8,11,14,19-20H,1-3,6-7,9H2. The molecule has 1 aliphatic rings. The fourth-order valence-corrected chi connectivity index (χ4v) is 3.03. The lowest BCUT2D eigenvalue weighted by Gasteiger charge is -2.26. The number of hydrogen-bond acceptors (Lipinski definition) is 3. The lowest BCUT2D eigenvalue weighted by atomic mass is 10.0. The molecule has 2 unspecified atom stereocenters. The summed E-state index contributed by atoms with van der Waals surface area (Å²) >= 11 is 11.9. The molecule has 1 aromatic carbocycles. The van der Waals surface area contributed by atoms with Crippen molar-refractivity contribution >= 4 is 29.1 Å². The van der Waals surface area contributed by atoms with Crippen molar-refractivity contribution in [2.45, 2.75) is 31.9 Å². The van der Waals surface area contributed by atoms with Crippen LogP contribution in [0.2, 0.25) is 10.0 Å². The van der Waals surface area contributed by atoms with Gasteiger partial charge in [0.25, 0.3) is 0 Å². The van der Waals surface area contributed by atoms with Gasteiger partial charge in [-0.3, -0.25) is 4.79 Å². The van der Waals surface area contributed by atoms with E-state index in [-0.39, 0.29) is 25.0 Å². The highest BCUT2D eigenvalue weighted by molar-refractivity contribution is 6.42. The predicted molar refractivity (Wildman–Crippen MR) is 82.3 cm³/mol. The second-order valence-electron chi connectivity index (χ2n) is 5.34. The molecule has 0 saturated heterocycles. The molecule has 1 aliphatic carbocycles. The summed E-state index contributed by atoms with van der Waals surface area (Å²) in [4.78, 5) is 14.1. The highest BCUT2D eigenvalue weighted by atomic mass is 35.5. The number of aliphatic hydroxyl groups excluding tert-OH is 2. The largest absolute Gasteiger partial charge is 0.395 e. The first-order valence-corrected chi connectivity index (χ1v) is 7.80. The zero-order chi connectivity index (χ0) is 15.4. The second kappa shape index (κ2) is 7.45. The van der Waals surface area contributed by atoms with Gasteiger partial charge < -0.3 is 15.1 Å². The van der Waals surface area contributed by atoms with Crippen LogP contribution in [0.15, 0.2) is 18.2 Å². The van der Waals surface area contributed by atoms with Gasteiger partial charge in [-0.05, 0) is 37.0 Å². The van der Waals surface area contributed by atoms with E-state index in [1.807, 2.05) is 0 Å². The van der Waals surface area contributed by atoms with Crippen molar-refractivity contribution in [1.29, 1.82) is 0 Å². The predicted octanol–water partition coefficient (Wildman–Crippen LogP) is 2.48. The monoisotopic (exact) mass is 331 g/mol. The summed E-state index contributed by atoms with van der Waals surface area (Å²) in [6.07, 6.45) is 1.64. The van der Waals surface area contributed by atoms with E-state index in [9.17, 15) is 9.90 Å². The van der Waals surface area contributed by atoms with Crippen molar-refractivity contribution in [3.63, 3.8) is 0 Å². The Kier molecular flexibility index (Phi) is 5.88. The molecule has 2 atom stereocenters. The Balaban J connectivity index is 2.10. The van der Waals surface area contributed by atoms with E-state index in [4.69, 9.17) is 28.3 Å². The van der Waals surface area contributed by atoms with Crippen molar-refractivity contribution in [3.8, 4) is 0 Å². The summed E-state index contributed by atoms with van der Waals surface area (Å²) < 4.78 is 0. The lowest BCUT2D eigenvalue weighted by Crippen LogP contribution is -2.40. The average Bonchev–Trinajstić information content (AvgIpc) is 2.88. The molecule has 1 amide bonds. The molecule has 0 spiro atoms. The first kappa shape index (κ1) is 16.6. The first-order valence-electron chi connectivity index (χ1n) is 7.04. The molecule has 1 fully saturated rings. The number of carbonyl (C=O) groups is 1. The van der Waals surface area contributed by atoms with E-state index in [2.05, 4.69) is 0 Å². The van der Waals surface area contributed by atoms with Gasteiger partial charge in [-0.1, -0.05) is 29.3 Å². The molecular formula is C15H19Cl2NO3. The van der Waals surface area contributed by atoms with E-state index < -0.39 is 6.10 Å². The second-order valence-corrected chi connectivity index (χ2v) is 6.15. The van der Waals surface area contributed by atoms with Crippen LogP contribution in [0.25, 0.3) is 0 Å². The minimum absolute atomic E-state index is 0.111. The molecule has 4 nitrogen and oxygen atoms in total. The zero-order valence-electron chi connectivity index (χ0n) is 11.6. The van der Waals surface area contributed by atoms with Crippen molar-refractivity contribution in [3.05, 3.63) is 33.8 Å². The molecular weight excluding hydrogens is 313 g/mol.